The number of allylic oxidation sites excluding steroid dienone is 1. The Labute approximate surface area is 194 Å². The third-order valence-electron chi connectivity index (χ3n) is 4.76. The van der Waals surface area contributed by atoms with Crippen molar-refractivity contribution < 1.29 is 9.72 Å². The van der Waals surface area contributed by atoms with E-state index in [-0.39, 0.29) is 11.6 Å². The van der Waals surface area contributed by atoms with E-state index in [1.807, 2.05) is 30.3 Å². The molecule has 1 amide bonds. The highest BCUT2D eigenvalue weighted by Crippen LogP contribution is 2.18. The van der Waals surface area contributed by atoms with Crippen LogP contribution in [0.4, 0.5) is 5.69 Å². The first kappa shape index (κ1) is 22.2. The van der Waals surface area contributed by atoms with E-state index in [0.29, 0.717) is 23.5 Å². The number of carbonyl (C=O) groups excluding carboxylic acids is 1. The fourth-order valence-corrected chi connectivity index (χ4v) is 3.08. The van der Waals surface area contributed by atoms with Crippen LogP contribution in [0.15, 0.2) is 90.0 Å². The summed E-state index contributed by atoms with van der Waals surface area (Å²) in [7, 11) is 0. The molecule has 0 radical (unpaired) electrons. The minimum atomic E-state index is -0.455. The summed E-state index contributed by atoms with van der Waals surface area (Å²) in [6, 6.07) is 22.9. The van der Waals surface area contributed by atoms with Crippen LogP contribution in [0.5, 0.6) is 0 Å². The van der Waals surface area contributed by atoms with Crippen LogP contribution in [0, 0.1) is 10.1 Å². The van der Waals surface area contributed by atoms with Crippen molar-refractivity contribution in [2.45, 2.75) is 6.54 Å². The Balaban J connectivity index is 1.31. The zero-order valence-electron chi connectivity index (χ0n) is 17.9. The van der Waals surface area contributed by atoms with E-state index in [9.17, 15) is 14.9 Å². The fourth-order valence-electron chi connectivity index (χ4n) is 3.08. The van der Waals surface area contributed by atoms with Gasteiger partial charge < -0.3 is 0 Å². The van der Waals surface area contributed by atoms with E-state index in [2.05, 4.69) is 25.9 Å². The van der Waals surface area contributed by atoms with Gasteiger partial charge in [-0.1, -0.05) is 54.6 Å². The number of aromatic nitrogens is 4. The Kier molecular flexibility index (Phi) is 6.89. The van der Waals surface area contributed by atoms with Crippen molar-refractivity contribution in [3.63, 3.8) is 0 Å². The number of nitrogens with one attached hydrogen (secondary N) is 1. The van der Waals surface area contributed by atoms with Crippen LogP contribution in [0.2, 0.25) is 0 Å². The number of nitro benzene ring substituents is 1. The van der Waals surface area contributed by atoms with Gasteiger partial charge in [0.05, 0.1) is 17.0 Å². The first-order chi connectivity index (χ1) is 16.6. The summed E-state index contributed by atoms with van der Waals surface area (Å²) < 4.78 is 0. The van der Waals surface area contributed by atoms with Crippen molar-refractivity contribution >= 4 is 23.9 Å². The second kappa shape index (κ2) is 10.6. The molecule has 0 aliphatic carbocycles. The summed E-state index contributed by atoms with van der Waals surface area (Å²) in [5, 5.41) is 27.4. The summed E-state index contributed by atoms with van der Waals surface area (Å²) in [6.07, 6.45) is 4.41. The maximum Gasteiger partial charge on any atom is 0.276 e. The molecule has 4 aromatic rings. The van der Waals surface area contributed by atoms with Crippen LogP contribution in [0.3, 0.4) is 0 Å². The molecular formula is C24H19N7O3. The largest absolute Gasteiger partial charge is 0.276 e. The zero-order chi connectivity index (χ0) is 23.8. The van der Waals surface area contributed by atoms with Crippen LogP contribution in [0.1, 0.15) is 21.5 Å². The molecule has 10 heteroatoms. The molecule has 1 heterocycles. The number of carbonyl (C=O) groups is 1. The van der Waals surface area contributed by atoms with Gasteiger partial charge in [-0.15, -0.1) is 10.2 Å². The molecule has 0 saturated heterocycles. The van der Waals surface area contributed by atoms with Crippen LogP contribution in [0.25, 0.3) is 17.5 Å². The maximum absolute atomic E-state index is 12.3. The maximum atomic E-state index is 12.3. The van der Waals surface area contributed by atoms with Crippen molar-refractivity contribution in [3.05, 3.63) is 112 Å². The van der Waals surface area contributed by atoms with Crippen LogP contribution in [-0.2, 0) is 6.54 Å². The molecule has 4 rings (SSSR count). The SMILES string of the molecule is O=C(N/N=C/C=C/c1ccccc1[N+](=O)[O-])c1ccc(Cn2nnc(-c3ccccc3)n2)cc1. The molecule has 34 heavy (non-hydrogen) atoms. The Bertz CT molecular complexity index is 1350. The van der Waals surface area contributed by atoms with Crippen molar-refractivity contribution in [3.8, 4) is 11.4 Å². The summed E-state index contributed by atoms with van der Waals surface area (Å²) in [5.74, 6) is 0.164. The lowest BCUT2D eigenvalue weighted by Crippen LogP contribution is -2.17. The van der Waals surface area contributed by atoms with Crippen LogP contribution in [-0.4, -0.2) is 37.3 Å². The van der Waals surface area contributed by atoms with Gasteiger partial charge in [0.2, 0.25) is 5.82 Å². The first-order valence-electron chi connectivity index (χ1n) is 10.3. The molecule has 168 valence electrons. The topological polar surface area (TPSA) is 128 Å². The number of para-hydroxylation sites is 1. The van der Waals surface area contributed by atoms with Crippen LogP contribution < -0.4 is 5.43 Å². The smallest absolute Gasteiger partial charge is 0.267 e. The molecule has 1 aromatic heterocycles. The van der Waals surface area contributed by atoms with E-state index in [1.165, 1.54) is 23.2 Å². The van der Waals surface area contributed by atoms with Gasteiger partial charge in [-0.2, -0.15) is 9.90 Å². The minimum absolute atomic E-state index is 0.00587. The summed E-state index contributed by atoms with van der Waals surface area (Å²) >= 11 is 0. The molecule has 0 bridgehead atoms. The van der Waals surface area contributed by atoms with Gasteiger partial charge in [0.15, 0.2) is 0 Å². The van der Waals surface area contributed by atoms with Crippen molar-refractivity contribution in [1.29, 1.82) is 0 Å². The number of tetrazole rings is 1. The number of hydrogen-bond donors (Lipinski definition) is 1. The van der Waals surface area contributed by atoms with Gasteiger partial charge >= 0.3 is 0 Å². The second-order valence-corrected chi connectivity index (χ2v) is 7.10. The van der Waals surface area contributed by atoms with Gasteiger partial charge in [0.1, 0.15) is 0 Å². The predicted molar refractivity (Wildman–Crippen MR) is 127 cm³/mol. The number of nitrogens with zero attached hydrogens (tertiary/aromatic N) is 6. The number of amides is 1. The van der Waals surface area contributed by atoms with Crippen LogP contribution >= 0.6 is 0 Å². The molecule has 0 atom stereocenters. The highest BCUT2D eigenvalue weighted by Gasteiger charge is 2.09. The number of hydrazone groups is 1. The zero-order valence-corrected chi connectivity index (χ0v) is 17.9. The lowest BCUT2D eigenvalue weighted by Gasteiger charge is -2.02. The molecule has 3 aromatic carbocycles. The molecule has 0 fully saturated rings. The third-order valence-corrected chi connectivity index (χ3v) is 4.76. The molecule has 1 N–H and O–H groups in total. The molecule has 0 aliphatic rings. The third kappa shape index (κ3) is 5.62. The Morgan fingerprint density at radius 1 is 1.03 bits per heavy atom. The van der Waals surface area contributed by atoms with Gasteiger partial charge in [-0.3, -0.25) is 14.9 Å². The van der Waals surface area contributed by atoms with Crippen molar-refractivity contribution in [2.75, 3.05) is 0 Å². The van der Waals surface area contributed by atoms with Gasteiger partial charge in [-0.25, -0.2) is 5.43 Å². The second-order valence-electron chi connectivity index (χ2n) is 7.10. The lowest BCUT2D eigenvalue weighted by molar-refractivity contribution is -0.385. The van der Waals surface area contributed by atoms with E-state index < -0.39 is 4.92 Å². The lowest BCUT2D eigenvalue weighted by atomic mass is 10.1. The van der Waals surface area contributed by atoms with Gasteiger partial charge in [0, 0.05) is 23.4 Å². The fraction of sp³-hybridized carbons (Fsp3) is 0.0417. The van der Waals surface area contributed by atoms with Gasteiger partial charge in [0.25, 0.3) is 11.6 Å². The normalized spacial score (nSPS) is 11.2. The summed E-state index contributed by atoms with van der Waals surface area (Å²) in [5.41, 5.74) is 5.08. The summed E-state index contributed by atoms with van der Waals surface area (Å²) in [6.45, 7) is 0.413. The van der Waals surface area contributed by atoms with Gasteiger partial charge in [-0.05, 0) is 41.1 Å². The standard InChI is InChI=1S/C24H19N7O3/c32-24(27-25-16-6-10-19-7-4-5-11-22(19)31(33)34)21-14-12-18(13-15-21)17-30-28-23(26-29-30)20-8-2-1-3-9-20/h1-16H,17H2,(H,27,32)/b10-6+,25-16+. The molecule has 0 spiro atoms. The van der Waals surface area contributed by atoms with Crippen molar-refractivity contribution in [1.82, 2.24) is 25.6 Å². The van der Waals surface area contributed by atoms with E-state index in [4.69, 9.17) is 0 Å². The minimum Gasteiger partial charge on any atom is -0.267 e. The molecular weight excluding hydrogens is 434 g/mol. The summed E-state index contributed by atoms with van der Waals surface area (Å²) in [4.78, 5) is 24.3. The first-order valence-corrected chi connectivity index (χ1v) is 10.3. The Hall–Kier alpha value is -4.99. The van der Waals surface area contributed by atoms with Crippen molar-refractivity contribution in [2.24, 2.45) is 5.10 Å². The van der Waals surface area contributed by atoms with E-state index in [1.54, 1.807) is 48.5 Å². The average molecular weight is 453 g/mol. The number of benzene rings is 3. The number of rotatable bonds is 8. The predicted octanol–water partition coefficient (Wildman–Crippen LogP) is 3.73. The molecule has 0 aliphatic heterocycles. The number of hydrogen-bond acceptors (Lipinski definition) is 7. The Morgan fingerprint density at radius 2 is 1.76 bits per heavy atom. The molecule has 0 unspecified atom stereocenters. The highest BCUT2D eigenvalue weighted by atomic mass is 16.6. The molecule has 0 saturated carbocycles. The quantitative estimate of drug-likeness (QED) is 0.246. The molecule has 10 nitrogen and oxygen atoms in total. The number of nitro groups is 1. The monoisotopic (exact) mass is 453 g/mol. The van der Waals surface area contributed by atoms with E-state index in [0.717, 1.165) is 11.1 Å². The van der Waals surface area contributed by atoms with E-state index >= 15 is 0 Å². The Morgan fingerprint density at radius 3 is 2.53 bits per heavy atom. The average Bonchev–Trinajstić information content (AvgIpc) is 3.33. The highest BCUT2D eigenvalue weighted by molar-refractivity contribution is 5.94.